The molecule has 2 rings (SSSR count). The zero-order valence-electron chi connectivity index (χ0n) is 14.2. The highest BCUT2D eigenvalue weighted by atomic mass is 16.5. The van der Waals surface area contributed by atoms with E-state index in [0.717, 1.165) is 0 Å². The van der Waals surface area contributed by atoms with Gasteiger partial charge < -0.3 is 14.5 Å². The van der Waals surface area contributed by atoms with E-state index in [1.165, 1.54) is 7.11 Å². The molecular formula is C17H23NO5. The number of hydrogen-bond donors (Lipinski definition) is 1. The van der Waals surface area contributed by atoms with E-state index < -0.39 is 17.9 Å². The summed E-state index contributed by atoms with van der Waals surface area (Å²) in [5.74, 6) is -2.29. The molecule has 0 saturated carbocycles. The number of methoxy groups -OCH3 is 1. The van der Waals surface area contributed by atoms with E-state index in [1.807, 2.05) is 20.8 Å². The molecule has 1 heterocycles. The number of nitrogens with one attached hydrogen (secondary N) is 1. The molecule has 0 unspecified atom stereocenters. The first kappa shape index (κ1) is 17.2. The summed E-state index contributed by atoms with van der Waals surface area (Å²) in [6.45, 7) is 7.27. The maximum atomic E-state index is 12.7. The lowest BCUT2D eigenvalue weighted by atomic mass is 9.77. The zero-order chi connectivity index (χ0) is 17.3. The topological polar surface area (TPSA) is 85.5 Å². The lowest BCUT2D eigenvalue weighted by molar-refractivity contribution is -0.145. The Morgan fingerprint density at radius 1 is 1.39 bits per heavy atom. The predicted molar refractivity (Wildman–Crippen MR) is 83.4 cm³/mol. The van der Waals surface area contributed by atoms with Crippen molar-refractivity contribution < 1.29 is 23.9 Å². The number of rotatable bonds is 4. The highest BCUT2D eigenvalue weighted by Crippen LogP contribution is 2.34. The summed E-state index contributed by atoms with van der Waals surface area (Å²) in [7, 11) is 1.27. The van der Waals surface area contributed by atoms with E-state index in [4.69, 9.17) is 9.47 Å². The number of ether oxygens (including phenoxy) is 2. The van der Waals surface area contributed by atoms with Gasteiger partial charge in [0.1, 0.15) is 11.6 Å². The molecule has 6 nitrogen and oxygen atoms in total. The van der Waals surface area contributed by atoms with Crippen molar-refractivity contribution in [3.63, 3.8) is 0 Å². The number of carbonyl (C=O) groups excluding carboxylic acids is 3. The molecule has 0 bridgehead atoms. The number of Topliss-reactive ketones (excluding diaryl/α,β-unsaturated/α-hetero) is 1. The van der Waals surface area contributed by atoms with Crippen LogP contribution in [0, 0.1) is 18.8 Å². The van der Waals surface area contributed by atoms with Gasteiger partial charge in [-0.1, -0.05) is 13.8 Å². The number of aromatic nitrogens is 1. The van der Waals surface area contributed by atoms with Crippen molar-refractivity contribution in [2.75, 3.05) is 7.11 Å². The molecule has 6 heteroatoms. The fourth-order valence-corrected chi connectivity index (χ4v) is 2.99. The van der Waals surface area contributed by atoms with Crippen LogP contribution in [-0.4, -0.2) is 35.9 Å². The largest absolute Gasteiger partial charge is 0.468 e. The van der Waals surface area contributed by atoms with Crippen LogP contribution in [-0.2, 0) is 20.7 Å². The highest BCUT2D eigenvalue weighted by molar-refractivity contribution is 6.12. The Morgan fingerprint density at radius 2 is 2.04 bits per heavy atom. The minimum atomic E-state index is -0.819. The van der Waals surface area contributed by atoms with E-state index in [2.05, 4.69) is 4.98 Å². The summed E-state index contributed by atoms with van der Waals surface area (Å²) in [4.78, 5) is 39.9. The third kappa shape index (κ3) is 3.02. The third-order valence-corrected chi connectivity index (χ3v) is 4.49. The Labute approximate surface area is 135 Å². The molecule has 23 heavy (non-hydrogen) atoms. The molecule has 0 aromatic carbocycles. The van der Waals surface area contributed by atoms with Gasteiger partial charge in [0.25, 0.3) is 0 Å². The number of carbonyl (C=O) groups is 3. The van der Waals surface area contributed by atoms with Crippen molar-refractivity contribution >= 4 is 17.7 Å². The van der Waals surface area contributed by atoms with Crippen LogP contribution in [0.1, 0.15) is 59.3 Å². The van der Waals surface area contributed by atoms with Crippen molar-refractivity contribution in [1.29, 1.82) is 0 Å². The van der Waals surface area contributed by atoms with Gasteiger partial charge in [-0.25, -0.2) is 4.79 Å². The number of esters is 2. The van der Waals surface area contributed by atoms with Gasteiger partial charge in [0.2, 0.25) is 0 Å². The molecule has 3 atom stereocenters. The molecule has 1 N–H and O–H groups in total. The fourth-order valence-electron chi connectivity index (χ4n) is 2.99. The van der Waals surface area contributed by atoms with E-state index in [-0.39, 0.29) is 17.8 Å². The van der Waals surface area contributed by atoms with Crippen molar-refractivity contribution in [2.45, 2.75) is 46.6 Å². The van der Waals surface area contributed by atoms with Crippen LogP contribution in [0.3, 0.4) is 0 Å². The van der Waals surface area contributed by atoms with Crippen LogP contribution in [0.2, 0.25) is 0 Å². The number of fused-ring (bicyclic) bond motifs is 1. The van der Waals surface area contributed by atoms with Gasteiger partial charge in [0.05, 0.1) is 13.2 Å². The Kier molecular flexibility index (Phi) is 4.92. The molecule has 0 spiro atoms. The first-order valence-corrected chi connectivity index (χ1v) is 7.86. The van der Waals surface area contributed by atoms with Gasteiger partial charge in [0.15, 0.2) is 5.78 Å². The quantitative estimate of drug-likeness (QED) is 0.680. The summed E-state index contributed by atoms with van der Waals surface area (Å²) in [6, 6.07) is 0. The summed E-state index contributed by atoms with van der Waals surface area (Å²) in [5, 5.41) is 0. The van der Waals surface area contributed by atoms with Crippen LogP contribution in [0.25, 0.3) is 0 Å². The molecule has 0 amide bonds. The van der Waals surface area contributed by atoms with E-state index in [9.17, 15) is 14.4 Å². The average molecular weight is 321 g/mol. The monoisotopic (exact) mass is 321 g/mol. The Morgan fingerprint density at radius 3 is 2.61 bits per heavy atom. The van der Waals surface area contributed by atoms with Gasteiger partial charge in [0, 0.05) is 11.3 Å². The van der Waals surface area contributed by atoms with Crippen molar-refractivity contribution in [3.8, 4) is 0 Å². The van der Waals surface area contributed by atoms with E-state index in [1.54, 1.807) is 6.92 Å². The highest BCUT2D eigenvalue weighted by Gasteiger charge is 2.41. The molecule has 0 fully saturated rings. The Balaban J connectivity index is 2.38. The van der Waals surface area contributed by atoms with Crippen LogP contribution >= 0.6 is 0 Å². The number of ketones is 1. The standard InChI is InChI=1S/C17H23NO5/c1-6-9(3)23-17(21)14-10(4)13-11(18-14)7-8(2)12(15(13)19)16(20)22-5/h8-9,12,18H,6-7H2,1-5H3/t8-,9-,12+/m0/s1. The molecule has 0 aliphatic heterocycles. The molecule has 1 aromatic heterocycles. The molecule has 1 aliphatic carbocycles. The lowest BCUT2D eigenvalue weighted by Crippen LogP contribution is -2.36. The first-order valence-electron chi connectivity index (χ1n) is 7.86. The number of aromatic amines is 1. The summed E-state index contributed by atoms with van der Waals surface area (Å²) in [6.07, 6.45) is 1.03. The second-order valence-corrected chi connectivity index (χ2v) is 6.15. The second-order valence-electron chi connectivity index (χ2n) is 6.15. The second kappa shape index (κ2) is 6.56. The van der Waals surface area contributed by atoms with Gasteiger partial charge in [-0.3, -0.25) is 9.59 Å². The SMILES string of the molecule is CC[C@H](C)OC(=O)c1[nH]c2c(c1C)C(=O)[C@H](C(=O)OC)[C@@H](C)C2. The van der Waals surface area contributed by atoms with Crippen LogP contribution in [0.15, 0.2) is 0 Å². The third-order valence-electron chi connectivity index (χ3n) is 4.49. The number of H-pyrrole nitrogens is 1. The van der Waals surface area contributed by atoms with Crippen molar-refractivity contribution in [2.24, 2.45) is 11.8 Å². The smallest absolute Gasteiger partial charge is 0.355 e. The molecule has 126 valence electrons. The van der Waals surface area contributed by atoms with Crippen molar-refractivity contribution in [1.82, 2.24) is 4.98 Å². The number of hydrogen-bond acceptors (Lipinski definition) is 5. The normalized spacial score (nSPS) is 21.5. The van der Waals surface area contributed by atoms with Gasteiger partial charge in [-0.15, -0.1) is 0 Å². The van der Waals surface area contributed by atoms with E-state index >= 15 is 0 Å². The summed E-state index contributed by atoms with van der Waals surface area (Å²) >= 11 is 0. The summed E-state index contributed by atoms with van der Waals surface area (Å²) in [5.41, 5.74) is 1.95. The lowest BCUT2D eigenvalue weighted by Gasteiger charge is -2.25. The van der Waals surface area contributed by atoms with Crippen LogP contribution in [0.5, 0.6) is 0 Å². The average Bonchev–Trinajstić information content (AvgIpc) is 2.83. The van der Waals surface area contributed by atoms with Crippen LogP contribution < -0.4 is 0 Å². The minimum absolute atomic E-state index is 0.182. The van der Waals surface area contributed by atoms with Gasteiger partial charge in [-0.2, -0.15) is 0 Å². The van der Waals surface area contributed by atoms with Gasteiger partial charge in [-0.05, 0) is 38.2 Å². The molecular weight excluding hydrogens is 298 g/mol. The molecule has 0 saturated heterocycles. The molecule has 1 aliphatic rings. The minimum Gasteiger partial charge on any atom is -0.468 e. The van der Waals surface area contributed by atoms with Gasteiger partial charge >= 0.3 is 11.9 Å². The summed E-state index contributed by atoms with van der Waals surface area (Å²) < 4.78 is 10.1. The Hall–Kier alpha value is -2.11. The molecule has 1 aromatic rings. The molecule has 0 radical (unpaired) electrons. The van der Waals surface area contributed by atoms with E-state index in [0.29, 0.717) is 35.4 Å². The zero-order valence-corrected chi connectivity index (χ0v) is 14.2. The van der Waals surface area contributed by atoms with Crippen LogP contribution in [0.4, 0.5) is 0 Å². The predicted octanol–water partition coefficient (Wildman–Crippen LogP) is 2.44. The van der Waals surface area contributed by atoms with Crippen molar-refractivity contribution in [3.05, 3.63) is 22.5 Å². The first-order chi connectivity index (χ1) is 10.8. The fraction of sp³-hybridized carbons (Fsp3) is 0.588. The Bertz CT molecular complexity index is 646. The maximum absolute atomic E-state index is 12.7. The maximum Gasteiger partial charge on any atom is 0.355 e.